The Balaban J connectivity index is 1.78. The molecule has 148 valence electrons. The Hall–Kier alpha value is -1.37. The van der Waals surface area contributed by atoms with Crippen LogP contribution in [0, 0.1) is 28.6 Å². The number of aliphatic hydroxyl groups is 3. The lowest BCUT2D eigenvalue weighted by molar-refractivity contribution is -0.180. The predicted octanol–water partition coefficient (Wildman–Crippen LogP) is 1.51. The van der Waals surface area contributed by atoms with E-state index < -0.39 is 41.1 Å². The van der Waals surface area contributed by atoms with Crippen LogP contribution >= 0.6 is 0 Å². The summed E-state index contributed by atoms with van der Waals surface area (Å²) in [6.45, 7) is 2.92. The Kier molecular flexibility index (Phi) is 4.09. The summed E-state index contributed by atoms with van der Waals surface area (Å²) in [6.07, 6.45) is 3.55. The second-order valence-electron chi connectivity index (χ2n) is 9.29. The molecule has 5 nitrogen and oxygen atoms in total. The van der Waals surface area contributed by atoms with Crippen LogP contribution in [0.3, 0.4) is 0 Å². The zero-order valence-corrected chi connectivity index (χ0v) is 15.7. The lowest BCUT2D eigenvalue weighted by atomic mass is 9.46. The lowest BCUT2D eigenvalue weighted by Crippen LogP contribution is -2.62. The van der Waals surface area contributed by atoms with Crippen molar-refractivity contribution in [1.29, 1.82) is 0 Å². The van der Waals surface area contributed by atoms with E-state index in [9.17, 15) is 24.9 Å². The van der Waals surface area contributed by atoms with E-state index in [1.165, 1.54) is 12.2 Å². The van der Waals surface area contributed by atoms with Crippen molar-refractivity contribution in [3.63, 3.8) is 0 Å². The molecule has 6 heteroatoms. The molecule has 0 aromatic carbocycles. The number of Topliss-reactive ketones (excluding diaryl/α,β-unsaturated/α-hetero) is 1. The predicted molar refractivity (Wildman–Crippen MR) is 95.3 cm³/mol. The minimum absolute atomic E-state index is 0.131. The molecule has 0 saturated heterocycles. The fourth-order valence-electron chi connectivity index (χ4n) is 6.93. The smallest absolute Gasteiger partial charge is 0.190 e. The van der Waals surface area contributed by atoms with Crippen molar-refractivity contribution >= 4 is 11.6 Å². The number of ketones is 2. The number of aliphatic hydroxyl groups excluding tert-OH is 2. The fraction of sp³-hybridized carbons (Fsp3) is 0.714. The molecule has 8 atom stereocenters. The van der Waals surface area contributed by atoms with Crippen LogP contribution < -0.4 is 0 Å². The summed E-state index contributed by atoms with van der Waals surface area (Å²) in [7, 11) is 0. The van der Waals surface area contributed by atoms with Crippen molar-refractivity contribution < 1.29 is 29.3 Å². The highest BCUT2D eigenvalue weighted by Gasteiger charge is 2.68. The van der Waals surface area contributed by atoms with Crippen LogP contribution in [0.25, 0.3) is 0 Å². The Morgan fingerprint density at radius 3 is 2.74 bits per heavy atom. The number of allylic oxidation sites excluding steroid dienone is 4. The number of hydrogen-bond donors (Lipinski definition) is 3. The molecule has 0 spiro atoms. The van der Waals surface area contributed by atoms with E-state index in [-0.39, 0.29) is 42.8 Å². The molecule has 0 bridgehead atoms. The standard InChI is InChI=1S/C21H27FO5/c1-19-5-3-11(24)7-14(19)15(22)8-12-13-4-6-21(27,17(26)10-23)20(13,2)9-16(25)18(12)19/h3,5,7,12-13,15-16,18,23,25,27H,4,6,8-10H2,1-2H3/t12-,13-,15-,16-,18+,19-,20-,21+/m0/s1. The largest absolute Gasteiger partial charge is 0.393 e. The zero-order chi connectivity index (χ0) is 19.8. The second kappa shape index (κ2) is 5.82. The van der Waals surface area contributed by atoms with Gasteiger partial charge in [0.15, 0.2) is 11.6 Å². The molecule has 0 unspecified atom stereocenters. The number of carbonyl (C=O) groups is 2. The summed E-state index contributed by atoms with van der Waals surface area (Å²) in [5.41, 5.74) is -2.92. The molecule has 0 aromatic heterocycles. The van der Waals surface area contributed by atoms with Crippen LogP contribution in [0.1, 0.15) is 39.5 Å². The molecule has 4 aliphatic rings. The van der Waals surface area contributed by atoms with E-state index in [2.05, 4.69) is 0 Å². The van der Waals surface area contributed by atoms with Crippen molar-refractivity contribution in [2.24, 2.45) is 28.6 Å². The van der Waals surface area contributed by atoms with E-state index in [0.717, 1.165) is 0 Å². The Morgan fingerprint density at radius 2 is 2.07 bits per heavy atom. The molecule has 4 rings (SSSR count). The van der Waals surface area contributed by atoms with Gasteiger partial charge in [-0.2, -0.15) is 0 Å². The van der Waals surface area contributed by atoms with Crippen molar-refractivity contribution in [1.82, 2.24) is 0 Å². The third kappa shape index (κ3) is 2.26. The maximum atomic E-state index is 15.1. The van der Waals surface area contributed by atoms with Crippen LogP contribution in [0.4, 0.5) is 4.39 Å². The average Bonchev–Trinajstić information content (AvgIpc) is 2.87. The molecule has 0 heterocycles. The summed E-state index contributed by atoms with van der Waals surface area (Å²) in [5.74, 6) is -1.48. The molecule has 0 aliphatic heterocycles. The van der Waals surface area contributed by atoms with Crippen LogP contribution in [0.15, 0.2) is 23.8 Å². The summed E-state index contributed by atoms with van der Waals surface area (Å²) in [6, 6.07) is 0. The fourth-order valence-corrected chi connectivity index (χ4v) is 6.93. The van der Waals surface area contributed by atoms with Gasteiger partial charge in [-0.15, -0.1) is 0 Å². The highest BCUT2D eigenvalue weighted by molar-refractivity contribution is 6.01. The van der Waals surface area contributed by atoms with E-state index in [4.69, 9.17) is 0 Å². The van der Waals surface area contributed by atoms with Gasteiger partial charge in [-0.1, -0.05) is 19.9 Å². The Bertz CT molecular complexity index is 760. The topological polar surface area (TPSA) is 94.8 Å². The minimum atomic E-state index is -1.69. The molecular formula is C21H27FO5. The van der Waals surface area contributed by atoms with Gasteiger partial charge in [0.25, 0.3) is 0 Å². The van der Waals surface area contributed by atoms with Gasteiger partial charge < -0.3 is 15.3 Å². The van der Waals surface area contributed by atoms with Gasteiger partial charge >= 0.3 is 0 Å². The molecule has 4 aliphatic carbocycles. The number of carbonyl (C=O) groups excluding carboxylic acids is 2. The number of alkyl halides is 1. The van der Waals surface area contributed by atoms with Crippen LogP contribution in [-0.2, 0) is 9.59 Å². The Labute approximate surface area is 158 Å². The normalized spacial score (nSPS) is 51.3. The summed E-state index contributed by atoms with van der Waals surface area (Å²) in [4.78, 5) is 24.1. The first kappa shape index (κ1) is 19.0. The SMILES string of the molecule is C[C@]12C=CC(=O)C=C1[C@@H](F)C[C@@H]1[C@@H]2[C@@H](O)C[C@@]2(C)[C@H]1CC[C@@]2(O)C(=O)CO. The molecular weight excluding hydrogens is 351 g/mol. The van der Waals surface area contributed by atoms with Gasteiger partial charge in [0.1, 0.15) is 18.4 Å². The van der Waals surface area contributed by atoms with Gasteiger partial charge in [-0.3, -0.25) is 9.59 Å². The Morgan fingerprint density at radius 1 is 1.37 bits per heavy atom. The maximum absolute atomic E-state index is 15.1. The van der Waals surface area contributed by atoms with Gasteiger partial charge in [-0.05, 0) is 55.2 Å². The zero-order valence-electron chi connectivity index (χ0n) is 15.7. The molecule has 3 N–H and O–H groups in total. The number of halogens is 1. The van der Waals surface area contributed by atoms with Crippen LogP contribution in [0.5, 0.6) is 0 Å². The molecule has 27 heavy (non-hydrogen) atoms. The van der Waals surface area contributed by atoms with Gasteiger partial charge in [-0.25, -0.2) is 4.39 Å². The first-order valence-electron chi connectivity index (χ1n) is 9.72. The number of rotatable bonds is 2. The molecule has 0 aromatic rings. The monoisotopic (exact) mass is 378 g/mol. The summed E-state index contributed by atoms with van der Waals surface area (Å²) in [5, 5.41) is 31.6. The van der Waals surface area contributed by atoms with Crippen LogP contribution in [0.2, 0.25) is 0 Å². The van der Waals surface area contributed by atoms with E-state index in [1.54, 1.807) is 13.0 Å². The van der Waals surface area contributed by atoms with Gasteiger partial charge in [0.2, 0.25) is 0 Å². The molecule has 3 fully saturated rings. The third-order valence-corrected chi connectivity index (χ3v) is 8.23. The van der Waals surface area contributed by atoms with E-state index >= 15 is 4.39 Å². The van der Waals surface area contributed by atoms with Gasteiger partial charge in [0, 0.05) is 16.7 Å². The van der Waals surface area contributed by atoms with E-state index in [1.807, 2.05) is 6.92 Å². The highest BCUT2D eigenvalue weighted by atomic mass is 19.1. The van der Waals surface area contributed by atoms with Gasteiger partial charge in [0.05, 0.1) is 6.10 Å². The van der Waals surface area contributed by atoms with Crippen molar-refractivity contribution in [3.8, 4) is 0 Å². The number of hydrogen-bond acceptors (Lipinski definition) is 5. The minimum Gasteiger partial charge on any atom is -0.393 e. The molecule has 0 amide bonds. The summed E-state index contributed by atoms with van der Waals surface area (Å²) >= 11 is 0. The third-order valence-electron chi connectivity index (χ3n) is 8.23. The first-order chi connectivity index (χ1) is 12.6. The highest BCUT2D eigenvalue weighted by Crippen LogP contribution is 2.67. The second-order valence-corrected chi connectivity index (χ2v) is 9.29. The van der Waals surface area contributed by atoms with Crippen molar-refractivity contribution in [3.05, 3.63) is 23.8 Å². The summed E-state index contributed by atoms with van der Waals surface area (Å²) < 4.78 is 15.1. The van der Waals surface area contributed by atoms with Crippen molar-refractivity contribution in [2.45, 2.75) is 57.4 Å². The molecule has 0 radical (unpaired) electrons. The quantitative estimate of drug-likeness (QED) is 0.677. The first-order valence-corrected chi connectivity index (χ1v) is 9.72. The lowest BCUT2D eigenvalue weighted by Gasteiger charge is -2.60. The van der Waals surface area contributed by atoms with E-state index in [0.29, 0.717) is 12.0 Å². The van der Waals surface area contributed by atoms with Crippen molar-refractivity contribution in [2.75, 3.05) is 6.61 Å². The van der Waals surface area contributed by atoms with Crippen LogP contribution in [-0.4, -0.2) is 51.4 Å². The molecule has 3 saturated carbocycles. The maximum Gasteiger partial charge on any atom is 0.190 e. The number of fused-ring (bicyclic) bond motifs is 5. The average molecular weight is 378 g/mol.